The van der Waals surface area contributed by atoms with E-state index in [1.165, 1.54) is 5.56 Å². The normalized spacial score (nSPS) is 19.6. The van der Waals surface area contributed by atoms with Gasteiger partial charge >= 0.3 is 5.97 Å². The van der Waals surface area contributed by atoms with Crippen molar-refractivity contribution in [2.45, 2.75) is 50.1 Å². The van der Waals surface area contributed by atoms with Crippen LogP contribution in [-0.2, 0) is 27.1 Å². The fourth-order valence-corrected chi connectivity index (χ4v) is 5.43. The van der Waals surface area contributed by atoms with Gasteiger partial charge in [0.15, 0.2) is 0 Å². The number of carbonyl (C=O) groups is 1. The SMILES string of the molecule is COCCOc1cc(OCCOC)cc(C(CC(=O)O)CN2CC[C@@](F)(CCc3ccc4c(n3)NCCC4)C2)c1. The number of alkyl halides is 1. The summed E-state index contributed by atoms with van der Waals surface area (Å²) < 4.78 is 37.7. The van der Waals surface area contributed by atoms with E-state index < -0.39 is 11.6 Å². The molecule has 4 rings (SSSR count). The van der Waals surface area contributed by atoms with Crippen molar-refractivity contribution in [2.24, 2.45) is 0 Å². The summed E-state index contributed by atoms with van der Waals surface area (Å²) in [5, 5.41) is 13.0. The number of methoxy groups -OCH3 is 2. The van der Waals surface area contributed by atoms with Gasteiger partial charge in [-0.25, -0.2) is 9.37 Å². The van der Waals surface area contributed by atoms with Gasteiger partial charge in [0.05, 0.1) is 19.6 Å². The highest BCUT2D eigenvalue weighted by Gasteiger charge is 2.39. The summed E-state index contributed by atoms with van der Waals surface area (Å²) in [5.41, 5.74) is 1.57. The van der Waals surface area contributed by atoms with E-state index in [-0.39, 0.29) is 18.9 Å². The fourth-order valence-electron chi connectivity index (χ4n) is 5.43. The number of hydrogen-bond acceptors (Lipinski definition) is 8. The number of anilines is 1. The smallest absolute Gasteiger partial charge is 0.304 e. The average molecular weight is 560 g/mol. The maximum absolute atomic E-state index is 15.9. The summed E-state index contributed by atoms with van der Waals surface area (Å²) in [6.07, 6.45) is 3.42. The van der Waals surface area contributed by atoms with Crippen LogP contribution >= 0.6 is 0 Å². The summed E-state index contributed by atoms with van der Waals surface area (Å²) in [4.78, 5) is 18.6. The Kier molecular flexibility index (Phi) is 11.0. The molecule has 2 N–H and O–H groups in total. The Bertz CT molecular complexity index is 1090. The van der Waals surface area contributed by atoms with Crippen molar-refractivity contribution in [2.75, 3.05) is 72.1 Å². The zero-order chi connectivity index (χ0) is 28.4. The highest BCUT2D eigenvalue weighted by molar-refractivity contribution is 5.68. The lowest BCUT2D eigenvalue weighted by atomic mass is 9.94. The molecule has 2 aromatic rings. The van der Waals surface area contributed by atoms with Gasteiger partial charge in [-0.1, -0.05) is 6.07 Å². The van der Waals surface area contributed by atoms with Gasteiger partial charge in [0.1, 0.15) is 36.2 Å². The van der Waals surface area contributed by atoms with Crippen LogP contribution in [0, 0.1) is 0 Å². The number of aromatic nitrogens is 1. The van der Waals surface area contributed by atoms with Gasteiger partial charge in [-0.05, 0) is 61.4 Å². The lowest BCUT2D eigenvalue weighted by molar-refractivity contribution is -0.137. The van der Waals surface area contributed by atoms with Crippen LogP contribution < -0.4 is 14.8 Å². The molecule has 0 amide bonds. The monoisotopic (exact) mass is 559 g/mol. The van der Waals surface area contributed by atoms with Gasteiger partial charge in [0.25, 0.3) is 0 Å². The average Bonchev–Trinajstić information content (AvgIpc) is 3.32. The summed E-state index contributed by atoms with van der Waals surface area (Å²) >= 11 is 0. The fraction of sp³-hybridized carbons (Fsp3) is 0.600. The number of carboxylic acid groups (broad SMARTS) is 1. The van der Waals surface area contributed by atoms with Gasteiger partial charge in [0.2, 0.25) is 0 Å². The molecule has 10 heteroatoms. The van der Waals surface area contributed by atoms with Crippen molar-refractivity contribution in [3.8, 4) is 11.5 Å². The minimum absolute atomic E-state index is 0.0825. The second-order valence-electron chi connectivity index (χ2n) is 10.7. The number of hydrogen-bond donors (Lipinski definition) is 2. The number of pyridine rings is 1. The zero-order valence-electron chi connectivity index (χ0n) is 23.6. The van der Waals surface area contributed by atoms with Gasteiger partial charge in [-0.2, -0.15) is 0 Å². The molecule has 220 valence electrons. The van der Waals surface area contributed by atoms with Crippen LogP contribution in [-0.4, -0.2) is 93.5 Å². The standard InChI is InChI=1S/C30H42FN3O6/c1-37-12-14-39-26-16-23(17-27(19-26)40-15-13-38-2)24(18-28(35)36)20-34-11-9-30(31,21-34)8-7-25-6-5-22-4-3-10-32-29(22)33-25/h5-6,16-17,19,24H,3-4,7-15,18,20-21H2,1-2H3,(H,32,33)(H,35,36)/t24?,30-/m0/s1. The lowest BCUT2D eigenvalue weighted by Crippen LogP contribution is -2.33. The molecule has 0 bridgehead atoms. The minimum Gasteiger partial charge on any atom is -0.491 e. The number of rotatable bonds is 16. The number of nitrogens with zero attached hydrogens (tertiary/aromatic N) is 2. The summed E-state index contributed by atoms with van der Waals surface area (Å²) in [7, 11) is 3.20. The number of benzene rings is 1. The quantitative estimate of drug-likeness (QED) is 0.294. The summed E-state index contributed by atoms with van der Waals surface area (Å²) in [6, 6.07) is 9.59. The number of aliphatic carboxylic acids is 1. The van der Waals surface area contributed by atoms with Crippen LogP contribution in [0.25, 0.3) is 0 Å². The van der Waals surface area contributed by atoms with Crippen molar-refractivity contribution >= 4 is 11.8 Å². The maximum atomic E-state index is 15.9. The molecule has 1 aromatic heterocycles. The highest BCUT2D eigenvalue weighted by atomic mass is 19.1. The van der Waals surface area contributed by atoms with E-state index in [1.54, 1.807) is 20.3 Å². The lowest BCUT2D eigenvalue weighted by Gasteiger charge is -2.25. The topological polar surface area (TPSA) is 102 Å². The Balaban J connectivity index is 1.42. The van der Waals surface area contributed by atoms with Crippen LogP contribution in [0.3, 0.4) is 0 Å². The van der Waals surface area contributed by atoms with Crippen molar-refractivity contribution < 1.29 is 33.2 Å². The van der Waals surface area contributed by atoms with Crippen LogP contribution in [0.4, 0.5) is 10.2 Å². The van der Waals surface area contributed by atoms with Gasteiger partial charge in [-0.15, -0.1) is 0 Å². The molecule has 3 heterocycles. The first-order valence-electron chi connectivity index (χ1n) is 14.1. The third-order valence-corrected chi connectivity index (χ3v) is 7.55. The van der Waals surface area contributed by atoms with E-state index in [0.29, 0.717) is 70.3 Å². The molecule has 0 aliphatic carbocycles. The van der Waals surface area contributed by atoms with E-state index in [4.69, 9.17) is 23.9 Å². The van der Waals surface area contributed by atoms with Crippen LogP contribution in [0.1, 0.15) is 48.4 Å². The molecule has 1 fully saturated rings. The first kappa shape index (κ1) is 30.0. The Labute approximate surface area is 236 Å². The highest BCUT2D eigenvalue weighted by Crippen LogP contribution is 2.35. The van der Waals surface area contributed by atoms with Crippen molar-refractivity contribution in [1.29, 1.82) is 0 Å². The van der Waals surface area contributed by atoms with Gasteiger partial charge in [0, 0.05) is 58.1 Å². The molecule has 0 saturated carbocycles. The van der Waals surface area contributed by atoms with Crippen molar-refractivity contribution in [3.63, 3.8) is 0 Å². The molecule has 1 unspecified atom stereocenters. The predicted octanol–water partition coefficient (Wildman–Crippen LogP) is 4.10. The molecular weight excluding hydrogens is 517 g/mol. The minimum atomic E-state index is -1.33. The number of halogens is 1. The van der Waals surface area contributed by atoms with E-state index in [1.807, 2.05) is 23.1 Å². The van der Waals surface area contributed by atoms with E-state index >= 15 is 4.39 Å². The molecule has 0 radical (unpaired) electrons. The molecule has 2 atom stereocenters. The Hall–Kier alpha value is -2.95. The predicted molar refractivity (Wildman–Crippen MR) is 150 cm³/mol. The Morgan fingerprint density at radius 2 is 1.85 bits per heavy atom. The molecule has 0 spiro atoms. The van der Waals surface area contributed by atoms with Crippen molar-refractivity contribution in [3.05, 3.63) is 47.2 Å². The summed E-state index contributed by atoms with van der Waals surface area (Å²) in [5.74, 6) is 0.816. The third kappa shape index (κ3) is 8.78. The number of ether oxygens (including phenoxy) is 4. The number of aryl methyl sites for hydroxylation is 2. The van der Waals surface area contributed by atoms with Gasteiger partial charge < -0.3 is 29.4 Å². The van der Waals surface area contributed by atoms with Crippen LogP contribution in [0.5, 0.6) is 11.5 Å². The first-order chi connectivity index (χ1) is 19.4. The summed E-state index contributed by atoms with van der Waals surface area (Å²) in [6.45, 7) is 3.75. The molecule has 9 nitrogen and oxygen atoms in total. The molecular formula is C30H42FN3O6. The Morgan fingerprint density at radius 1 is 1.12 bits per heavy atom. The van der Waals surface area contributed by atoms with E-state index in [2.05, 4.69) is 11.4 Å². The van der Waals surface area contributed by atoms with Gasteiger partial charge in [-0.3, -0.25) is 9.69 Å². The number of nitrogens with one attached hydrogen (secondary N) is 1. The molecule has 1 aromatic carbocycles. The largest absolute Gasteiger partial charge is 0.491 e. The van der Waals surface area contributed by atoms with Crippen LogP contribution in [0.2, 0.25) is 0 Å². The zero-order valence-corrected chi connectivity index (χ0v) is 23.6. The molecule has 40 heavy (non-hydrogen) atoms. The molecule has 2 aliphatic rings. The van der Waals surface area contributed by atoms with E-state index in [0.717, 1.165) is 36.5 Å². The molecule has 1 saturated heterocycles. The van der Waals surface area contributed by atoms with Crippen molar-refractivity contribution in [1.82, 2.24) is 9.88 Å². The molecule has 2 aliphatic heterocycles. The second kappa shape index (κ2) is 14.6. The van der Waals surface area contributed by atoms with Crippen LogP contribution in [0.15, 0.2) is 30.3 Å². The van der Waals surface area contributed by atoms with E-state index in [9.17, 15) is 9.90 Å². The third-order valence-electron chi connectivity index (χ3n) is 7.55. The maximum Gasteiger partial charge on any atom is 0.304 e. The number of likely N-dealkylation sites (tertiary alicyclic amines) is 1. The number of carboxylic acids is 1. The Morgan fingerprint density at radius 3 is 2.52 bits per heavy atom. The first-order valence-corrected chi connectivity index (χ1v) is 14.1. The number of fused-ring (bicyclic) bond motifs is 1. The second-order valence-corrected chi connectivity index (χ2v) is 10.7.